The molecule has 112 valence electrons. The maximum atomic E-state index is 13.4. The molecule has 0 atom stereocenters. The van der Waals surface area contributed by atoms with Gasteiger partial charge in [0.25, 0.3) is 5.91 Å². The van der Waals surface area contributed by atoms with Gasteiger partial charge < -0.3 is 0 Å². The first-order valence-electron chi connectivity index (χ1n) is 6.59. The van der Waals surface area contributed by atoms with Crippen LogP contribution in [0.25, 0.3) is 6.08 Å². The molecule has 0 aliphatic heterocycles. The Balaban J connectivity index is 2.01. The average molecular weight is 317 g/mol. The van der Waals surface area contributed by atoms with Crippen molar-refractivity contribution in [2.45, 2.75) is 6.92 Å². The maximum Gasteiger partial charge on any atom is 0.271 e. The van der Waals surface area contributed by atoms with Crippen LogP contribution < -0.4 is 5.43 Å². The van der Waals surface area contributed by atoms with Crippen LogP contribution in [0.4, 0.5) is 4.39 Å². The van der Waals surface area contributed by atoms with E-state index in [-0.39, 0.29) is 11.7 Å². The third-order valence-corrected chi connectivity index (χ3v) is 3.07. The first kappa shape index (κ1) is 15.9. The number of nitrogens with one attached hydrogen (secondary N) is 1. The van der Waals surface area contributed by atoms with Gasteiger partial charge in [-0.25, -0.2) is 9.82 Å². The summed E-state index contributed by atoms with van der Waals surface area (Å²) in [5, 5.41) is 4.42. The summed E-state index contributed by atoms with van der Waals surface area (Å²) >= 11 is 5.82. The highest BCUT2D eigenvalue weighted by atomic mass is 35.5. The van der Waals surface area contributed by atoms with Crippen molar-refractivity contribution in [2.24, 2.45) is 5.10 Å². The summed E-state index contributed by atoms with van der Waals surface area (Å²) in [5.74, 6) is -0.671. The number of hydrogen-bond acceptors (Lipinski definition) is 2. The standard InChI is InChI=1S/C17H14ClFN2O/c1-12(9-10-13-5-2-3-8-16(13)19)20-21-17(22)14-6-4-7-15(18)11-14/h2-11H,1H3,(H,21,22)/b10-9+,20-12-. The van der Waals surface area contributed by atoms with Crippen LogP contribution in [-0.2, 0) is 0 Å². The molecule has 2 aromatic rings. The molecule has 1 N–H and O–H groups in total. The predicted molar refractivity (Wildman–Crippen MR) is 87.5 cm³/mol. The van der Waals surface area contributed by atoms with E-state index in [1.54, 1.807) is 61.5 Å². The molecule has 0 spiro atoms. The van der Waals surface area contributed by atoms with Gasteiger partial charge in [-0.3, -0.25) is 4.79 Å². The van der Waals surface area contributed by atoms with E-state index in [2.05, 4.69) is 10.5 Å². The van der Waals surface area contributed by atoms with Crippen molar-refractivity contribution in [3.63, 3.8) is 0 Å². The summed E-state index contributed by atoms with van der Waals surface area (Å²) in [4.78, 5) is 11.9. The first-order valence-corrected chi connectivity index (χ1v) is 6.97. The number of rotatable bonds is 4. The number of halogens is 2. The average Bonchev–Trinajstić information content (AvgIpc) is 2.52. The minimum absolute atomic E-state index is 0.311. The van der Waals surface area contributed by atoms with E-state index in [1.165, 1.54) is 6.07 Å². The molecule has 0 radical (unpaired) electrons. The number of carbonyl (C=O) groups excluding carboxylic acids is 1. The van der Waals surface area contributed by atoms with Crippen molar-refractivity contribution >= 4 is 29.3 Å². The van der Waals surface area contributed by atoms with E-state index in [0.717, 1.165) is 0 Å². The molecular formula is C17H14ClFN2O. The highest BCUT2D eigenvalue weighted by molar-refractivity contribution is 6.30. The molecule has 0 heterocycles. The summed E-state index contributed by atoms with van der Waals surface area (Å²) in [6.07, 6.45) is 3.22. The molecule has 2 rings (SSSR count). The highest BCUT2D eigenvalue weighted by Crippen LogP contribution is 2.10. The normalized spacial score (nSPS) is 11.7. The molecule has 0 unspecified atom stereocenters. The maximum absolute atomic E-state index is 13.4. The fourth-order valence-electron chi connectivity index (χ4n) is 1.69. The summed E-state index contributed by atoms with van der Waals surface area (Å²) < 4.78 is 13.4. The molecule has 0 saturated heterocycles. The van der Waals surface area contributed by atoms with Gasteiger partial charge in [0.1, 0.15) is 5.82 Å². The van der Waals surface area contributed by atoms with Crippen LogP contribution in [-0.4, -0.2) is 11.6 Å². The van der Waals surface area contributed by atoms with Crippen LogP contribution in [0.3, 0.4) is 0 Å². The largest absolute Gasteiger partial charge is 0.271 e. The number of benzene rings is 2. The van der Waals surface area contributed by atoms with Crippen molar-refractivity contribution < 1.29 is 9.18 Å². The van der Waals surface area contributed by atoms with Crippen molar-refractivity contribution in [3.8, 4) is 0 Å². The molecule has 0 bridgehead atoms. The van der Waals surface area contributed by atoms with E-state index in [9.17, 15) is 9.18 Å². The van der Waals surface area contributed by atoms with Gasteiger partial charge in [-0.05, 0) is 37.3 Å². The second-order valence-corrected chi connectivity index (χ2v) is 5.00. The zero-order chi connectivity index (χ0) is 15.9. The summed E-state index contributed by atoms with van der Waals surface area (Å²) in [6.45, 7) is 1.70. The summed E-state index contributed by atoms with van der Waals surface area (Å²) in [5.41, 5.74) is 3.84. The van der Waals surface area contributed by atoms with E-state index in [0.29, 0.717) is 21.9 Å². The quantitative estimate of drug-likeness (QED) is 0.663. The molecule has 0 aliphatic carbocycles. The van der Waals surface area contributed by atoms with Gasteiger partial charge in [-0.1, -0.05) is 41.9 Å². The number of hydrogen-bond donors (Lipinski definition) is 1. The van der Waals surface area contributed by atoms with Gasteiger partial charge in [0.15, 0.2) is 0 Å². The van der Waals surface area contributed by atoms with Crippen molar-refractivity contribution in [1.82, 2.24) is 5.43 Å². The first-order chi connectivity index (χ1) is 10.6. The molecule has 5 heteroatoms. The van der Waals surface area contributed by atoms with E-state index in [1.807, 2.05) is 0 Å². The van der Waals surface area contributed by atoms with E-state index < -0.39 is 0 Å². The second-order valence-electron chi connectivity index (χ2n) is 4.56. The third kappa shape index (κ3) is 4.53. The van der Waals surface area contributed by atoms with Crippen LogP contribution in [0.15, 0.2) is 59.7 Å². The lowest BCUT2D eigenvalue weighted by Gasteiger charge is -2.01. The molecule has 22 heavy (non-hydrogen) atoms. The Morgan fingerprint density at radius 2 is 2.00 bits per heavy atom. The Labute approximate surface area is 133 Å². The third-order valence-electron chi connectivity index (χ3n) is 2.83. The van der Waals surface area contributed by atoms with Crippen LogP contribution in [0.5, 0.6) is 0 Å². The van der Waals surface area contributed by atoms with Crippen LogP contribution in [0.2, 0.25) is 5.02 Å². The molecule has 0 fully saturated rings. The van der Waals surface area contributed by atoms with Crippen LogP contribution in [0.1, 0.15) is 22.8 Å². The van der Waals surface area contributed by atoms with Gasteiger partial charge in [0.05, 0.1) is 5.71 Å². The lowest BCUT2D eigenvalue weighted by molar-refractivity contribution is 0.0955. The number of nitrogens with zero attached hydrogens (tertiary/aromatic N) is 1. The minimum atomic E-state index is -0.360. The van der Waals surface area contributed by atoms with E-state index >= 15 is 0 Å². The van der Waals surface area contributed by atoms with Gasteiger partial charge >= 0.3 is 0 Å². The van der Waals surface area contributed by atoms with Gasteiger partial charge in [0, 0.05) is 16.1 Å². The Hall–Kier alpha value is -2.46. The van der Waals surface area contributed by atoms with Crippen molar-refractivity contribution in [1.29, 1.82) is 0 Å². The predicted octanol–water partition coefficient (Wildman–Crippen LogP) is 4.30. The molecule has 1 amide bonds. The lowest BCUT2D eigenvalue weighted by atomic mass is 10.2. The molecular weight excluding hydrogens is 303 g/mol. The fraction of sp³-hybridized carbons (Fsp3) is 0.0588. The van der Waals surface area contributed by atoms with Crippen LogP contribution >= 0.6 is 11.6 Å². The molecule has 2 aromatic carbocycles. The fourth-order valence-corrected chi connectivity index (χ4v) is 1.88. The molecule has 3 nitrogen and oxygen atoms in total. The topological polar surface area (TPSA) is 41.5 Å². The Bertz CT molecular complexity index is 741. The van der Waals surface area contributed by atoms with Crippen molar-refractivity contribution in [2.75, 3.05) is 0 Å². The molecule has 0 aromatic heterocycles. The zero-order valence-electron chi connectivity index (χ0n) is 11.9. The van der Waals surface area contributed by atoms with Gasteiger partial charge in [-0.15, -0.1) is 0 Å². The SMILES string of the molecule is CC(/C=C/c1ccccc1F)=N/NC(=O)c1cccc(Cl)c1. The number of allylic oxidation sites excluding steroid dienone is 1. The summed E-state index contributed by atoms with van der Waals surface area (Å²) in [7, 11) is 0. The second kappa shape index (κ2) is 7.52. The van der Waals surface area contributed by atoms with E-state index in [4.69, 9.17) is 11.6 Å². The Morgan fingerprint density at radius 3 is 2.73 bits per heavy atom. The Morgan fingerprint density at radius 1 is 1.23 bits per heavy atom. The molecule has 0 aliphatic rings. The Kier molecular flexibility index (Phi) is 5.44. The smallest absolute Gasteiger partial charge is 0.267 e. The summed E-state index contributed by atoms with van der Waals surface area (Å²) in [6, 6.07) is 13.0. The number of hydrazone groups is 1. The lowest BCUT2D eigenvalue weighted by Crippen LogP contribution is -2.18. The van der Waals surface area contributed by atoms with Gasteiger partial charge in [0.2, 0.25) is 0 Å². The van der Waals surface area contributed by atoms with Crippen molar-refractivity contribution in [3.05, 3.63) is 76.6 Å². The highest BCUT2D eigenvalue weighted by Gasteiger charge is 2.04. The number of amides is 1. The van der Waals surface area contributed by atoms with Gasteiger partial charge in [-0.2, -0.15) is 5.10 Å². The number of carbonyl (C=O) groups is 1. The molecule has 0 saturated carbocycles. The van der Waals surface area contributed by atoms with Crippen LogP contribution in [0, 0.1) is 5.82 Å². The zero-order valence-corrected chi connectivity index (χ0v) is 12.6. The monoisotopic (exact) mass is 316 g/mol. The minimum Gasteiger partial charge on any atom is -0.267 e.